The van der Waals surface area contributed by atoms with Crippen LogP contribution in [0.3, 0.4) is 0 Å². The van der Waals surface area contributed by atoms with Gasteiger partial charge in [-0.3, -0.25) is 4.79 Å². The van der Waals surface area contributed by atoms with Crippen LogP contribution in [0.1, 0.15) is 36.5 Å². The van der Waals surface area contributed by atoms with Crippen LogP contribution in [0.15, 0.2) is 12.1 Å². The molecular formula is C13H16F2N2O. The fourth-order valence-electron chi connectivity index (χ4n) is 1.97. The van der Waals surface area contributed by atoms with Crippen molar-refractivity contribution in [2.45, 2.75) is 32.2 Å². The molecular weight excluding hydrogens is 238 g/mol. The molecule has 1 fully saturated rings. The molecule has 0 bridgehead atoms. The quantitative estimate of drug-likeness (QED) is 0.811. The zero-order valence-electron chi connectivity index (χ0n) is 10.2. The van der Waals surface area contributed by atoms with Gasteiger partial charge in [-0.05, 0) is 25.3 Å². The van der Waals surface area contributed by atoms with E-state index in [-0.39, 0.29) is 17.3 Å². The van der Waals surface area contributed by atoms with Crippen molar-refractivity contribution in [1.82, 2.24) is 5.32 Å². The van der Waals surface area contributed by atoms with E-state index in [0.717, 1.165) is 18.6 Å². The lowest BCUT2D eigenvalue weighted by molar-refractivity contribution is 0.0938. The van der Waals surface area contributed by atoms with Crippen LogP contribution in [0.2, 0.25) is 0 Å². The molecule has 0 heterocycles. The summed E-state index contributed by atoms with van der Waals surface area (Å²) < 4.78 is 25.9. The predicted molar refractivity (Wildman–Crippen MR) is 65.0 cm³/mol. The van der Waals surface area contributed by atoms with Crippen LogP contribution >= 0.6 is 0 Å². The first kappa shape index (κ1) is 12.8. The van der Waals surface area contributed by atoms with E-state index in [0.29, 0.717) is 5.92 Å². The molecule has 0 aliphatic heterocycles. The van der Waals surface area contributed by atoms with Crippen molar-refractivity contribution in [1.29, 1.82) is 0 Å². The van der Waals surface area contributed by atoms with E-state index in [2.05, 4.69) is 5.32 Å². The summed E-state index contributed by atoms with van der Waals surface area (Å²) in [6.07, 6.45) is 3.32. The van der Waals surface area contributed by atoms with Crippen molar-refractivity contribution in [3.63, 3.8) is 0 Å². The Labute approximate surface area is 104 Å². The molecule has 1 aliphatic carbocycles. The predicted octanol–water partition coefficient (Wildman–Crippen LogP) is 2.47. The third-order valence-corrected chi connectivity index (χ3v) is 3.10. The molecule has 1 saturated carbocycles. The van der Waals surface area contributed by atoms with Gasteiger partial charge in [0.05, 0.1) is 5.56 Å². The Kier molecular flexibility index (Phi) is 3.50. The number of carbonyl (C=O) groups excluding carboxylic acids is 1. The van der Waals surface area contributed by atoms with E-state index in [1.54, 1.807) is 0 Å². The lowest BCUT2D eigenvalue weighted by atomic mass is 10.1. The van der Waals surface area contributed by atoms with Crippen molar-refractivity contribution in [2.24, 2.45) is 5.92 Å². The number of rotatable bonds is 4. The Bertz CT molecular complexity index is 472. The topological polar surface area (TPSA) is 55.1 Å². The number of benzene rings is 1. The van der Waals surface area contributed by atoms with Gasteiger partial charge in [-0.1, -0.05) is 12.8 Å². The minimum absolute atomic E-state index is 0.0116. The molecule has 1 unspecified atom stereocenters. The number of halogens is 2. The number of nitrogens with two attached hydrogens (primary N) is 1. The minimum Gasteiger partial charge on any atom is -0.398 e. The first-order valence-corrected chi connectivity index (χ1v) is 6.02. The summed E-state index contributed by atoms with van der Waals surface area (Å²) in [4.78, 5) is 11.9. The highest BCUT2D eigenvalue weighted by Crippen LogP contribution is 2.33. The molecule has 98 valence electrons. The molecule has 0 spiro atoms. The van der Waals surface area contributed by atoms with Crippen molar-refractivity contribution < 1.29 is 13.6 Å². The third kappa shape index (κ3) is 2.97. The zero-order valence-corrected chi connectivity index (χ0v) is 10.2. The van der Waals surface area contributed by atoms with Gasteiger partial charge < -0.3 is 11.1 Å². The van der Waals surface area contributed by atoms with Crippen LogP contribution in [-0.4, -0.2) is 11.9 Å². The number of hydrogen-bond acceptors (Lipinski definition) is 2. The highest BCUT2D eigenvalue weighted by molar-refractivity contribution is 5.99. The van der Waals surface area contributed by atoms with E-state index in [1.807, 2.05) is 6.92 Å². The molecule has 18 heavy (non-hydrogen) atoms. The van der Waals surface area contributed by atoms with E-state index in [4.69, 9.17) is 5.73 Å². The Balaban J connectivity index is 2.05. The minimum atomic E-state index is -1.07. The second-order valence-electron chi connectivity index (χ2n) is 4.91. The highest BCUT2D eigenvalue weighted by atomic mass is 19.2. The lowest BCUT2D eigenvalue weighted by Gasteiger charge is -2.14. The van der Waals surface area contributed by atoms with Gasteiger partial charge in [-0.25, -0.2) is 8.78 Å². The number of carbonyl (C=O) groups is 1. The van der Waals surface area contributed by atoms with Gasteiger partial charge >= 0.3 is 0 Å². The maximum Gasteiger partial charge on any atom is 0.253 e. The van der Waals surface area contributed by atoms with E-state index < -0.39 is 17.5 Å². The molecule has 3 nitrogen and oxygen atoms in total. The molecule has 1 aromatic rings. The summed E-state index contributed by atoms with van der Waals surface area (Å²) in [5, 5.41) is 2.75. The van der Waals surface area contributed by atoms with Crippen molar-refractivity contribution >= 4 is 11.6 Å². The Morgan fingerprint density at radius 2 is 2.06 bits per heavy atom. The third-order valence-electron chi connectivity index (χ3n) is 3.10. The van der Waals surface area contributed by atoms with Gasteiger partial charge in [0.1, 0.15) is 0 Å². The van der Waals surface area contributed by atoms with Crippen LogP contribution in [0.4, 0.5) is 14.5 Å². The zero-order chi connectivity index (χ0) is 13.3. The smallest absolute Gasteiger partial charge is 0.253 e. The summed E-state index contributed by atoms with van der Waals surface area (Å²) in [6, 6.07) is 1.68. The monoisotopic (exact) mass is 254 g/mol. The van der Waals surface area contributed by atoms with Crippen molar-refractivity contribution in [3.8, 4) is 0 Å². The van der Waals surface area contributed by atoms with Gasteiger partial charge in [-0.15, -0.1) is 0 Å². The largest absolute Gasteiger partial charge is 0.398 e. The van der Waals surface area contributed by atoms with Gasteiger partial charge in [0.2, 0.25) is 0 Å². The summed E-state index contributed by atoms with van der Waals surface area (Å²) in [7, 11) is 0. The first-order valence-electron chi connectivity index (χ1n) is 6.02. The molecule has 0 aromatic heterocycles. The molecule has 1 aromatic carbocycles. The van der Waals surface area contributed by atoms with E-state index in [9.17, 15) is 13.6 Å². The van der Waals surface area contributed by atoms with Crippen LogP contribution in [0.25, 0.3) is 0 Å². The van der Waals surface area contributed by atoms with Crippen molar-refractivity contribution in [3.05, 3.63) is 29.3 Å². The second-order valence-corrected chi connectivity index (χ2v) is 4.91. The second kappa shape index (κ2) is 4.92. The van der Waals surface area contributed by atoms with Gasteiger partial charge in [0.15, 0.2) is 11.6 Å². The molecule has 5 heteroatoms. The highest BCUT2D eigenvalue weighted by Gasteiger charge is 2.25. The maximum atomic E-state index is 13.1. The van der Waals surface area contributed by atoms with Gasteiger partial charge in [0.25, 0.3) is 5.91 Å². The molecule has 1 amide bonds. The van der Waals surface area contributed by atoms with Crippen LogP contribution in [-0.2, 0) is 0 Å². The summed E-state index contributed by atoms with van der Waals surface area (Å²) in [5.41, 5.74) is 5.45. The van der Waals surface area contributed by atoms with Crippen LogP contribution < -0.4 is 11.1 Å². The molecule has 2 rings (SSSR count). The average Bonchev–Trinajstić information content (AvgIpc) is 3.06. The fourth-order valence-corrected chi connectivity index (χ4v) is 1.97. The molecule has 1 atom stereocenters. The first-order chi connectivity index (χ1) is 8.47. The number of anilines is 1. The van der Waals surface area contributed by atoms with Crippen LogP contribution in [0.5, 0.6) is 0 Å². The molecule has 0 saturated heterocycles. The Hall–Kier alpha value is -1.65. The summed E-state index contributed by atoms with van der Waals surface area (Å²) in [5.74, 6) is -1.89. The maximum absolute atomic E-state index is 13.1. The van der Waals surface area contributed by atoms with Gasteiger partial charge in [-0.2, -0.15) is 0 Å². The van der Waals surface area contributed by atoms with Crippen LogP contribution in [0, 0.1) is 17.6 Å². The summed E-state index contributed by atoms with van der Waals surface area (Å²) >= 11 is 0. The number of hydrogen-bond donors (Lipinski definition) is 2. The Morgan fingerprint density at radius 3 is 2.67 bits per heavy atom. The molecule has 3 N–H and O–H groups in total. The summed E-state index contributed by atoms with van der Waals surface area (Å²) in [6.45, 7) is 1.90. The average molecular weight is 254 g/mol. The molecule has 1 aliphatic rings. The molecule has 0 radical (unpaired) electrons. The fraction of sp³-hybridized carbons (Fsp3) is 0.462. The lowest BCUT2D eigenvalue weighted by Crippen LogP contribution is -2.33. The van der Waals surface area contributed by atoms with Crippen molar-refractivity contribution in [2.75, 3.05) is 5.73 Å². The number of amides is 1. The SMILES string of the molecule is CC(CC1CC1)NC(=O)c1cc(F)c(F)cc1N. The van der Waals surface area contributed by atoms with Gasteiger partial charge in [0, 0.05) is 17.8 Å². The number of nitrogen functional groups attached to an aromatic ring is 1. The Morgan fingerprint density at radius 1 is 1.44 bits per heavy atom. The van der Waals surface area contributed by atoms with E-state index >= 15 is 0 Å². The van der Waals surface area contributed by atoms with E-state index in [1.165, 1.54) is 12.8 Å². The normalized spacial score (nSPS) is 16.4. The standard InChI is InChI=1S/C13H16F2N2O/c1-7(4-8-2-3-8)17-13(18)9-5-10(14)11(15)6-12(9)16/h5-8H,2-4,16H2,1H3,(H,17,18). The number of nitrogens with one attached hydrogen (secondary N) is 1.